The van der Waals surface area contributed by atoms with Crippen molar-refractivity contribution in [2.24, 2.45) is 0 Å². The van der Waals surface area contributed by atoms with Crippen molar-refractivity contribution in [2.45, 2.75) is 6.04 Å². The average Bonchev–Trinajstić information content (AvgIpc) is 2.76. The zero-order valence-corrected chi connectivity index (χ0v) is 11.7. The van der Waals surface area contributed by atoms with Gasteiger partial charge in [0, 0.05) is 10.8 Å². The number of carboxylic acids is 1. The summed E-state index contributed by atoms with van der Waals surface area (Å²) in [5, 5.41) is 13.9. The maximum absolute atomic E-state index is 11.4. The fourth-order valence-electron chi connectivity index (χ4n) is 2.28. The van der Waals surface area contributed by atoms with Crippen LogP contribution < -0.4 is 5.32 Å². The number of hydrogen-bond donors (Lipinski definition) is 2. The van der Waals surface area contributed by atoms with Crippen LogP contribution in [0.15, 0.2) is 41.8 Å². The van der Waals surface area contributed by atoms with Gasteiger partial charge in [-0.05, 0) is 30.3 Å². The first-order chi connectivity index (χ1) is 9.94. The SMILES string of the molecule is O=C(O)c1cccc2nc(NC3C=CS(=O)(=O)C3)ccc12. The van der Waals surface area contributed by atoms with Gasteiger partial charge < -0.3 is 10.4 Å². The number of aromatic nitrogens is 1. The van der Waals surface area contributed by atoms with Crippen LogP contribution in [0.1, 0.15) is 10.4 Å². The third kappa shape index (κ3) is 2.73. The Morgan fingerprint density at radius 3 is 2.76 bits per heavy atom. The molecule has 2 aromatic rings. The van der Waals surface area contributed by atoms with Crippen LogP contribution in [0.3, 0.4) is 0 Å². The molecule has 1 aromatic heterocycles. The van der Waals surface area contributed by atoms with E-state index in [9.17, 15) is 13.2 Å². The summed E-state index contributed by atoms with van der Waals surface area (Å²) in [6.07, 6.45) is 1.58. The van der Waals surface area contributed by atoms with E-state index in [1.54, 1.807) is 30.3 Å². The molecule has 0 saturated heterocycles. The molecule has 0 aliphatic carbocycles. The van der Waals surface area contributed by atoms with Gasteiger partial charge >= 0.3 is 5.97 Å². The van der Waals surface area contributed by atoms with E-state index in [0.717, 1.165) is 0 Å². The molecule has 2 N–H and O–H groups in total. The molecule has 1 aromatic carbocycles. The fourth-order valence-corrected chi connectivity index (χ4v) is 3.51. The van der Waals surface area contributed by atoms with Crippen molar-refractivity contribution < 1.29 is 18.3 Å². The average molecular weight is 304 g/mol. The van der Waals surface area contributed by atoms with Crippen molar-refractivity contribution in [1.29, 1.82) is 0 Å². The number of aromatic carboxylic acids is 1. The molecule has 21 heavy (non-hydrogen) atoms. The zero-order chi connectivity index (χ0) is 15.0. The van der Waals surface area contributed by atoms with E-state index in [-0.39, 0.29) is 17.4 Å². The second-order valence-corrected chi connectivity index (χ2v) is 6.71. The van der Waals surface area contributed by atoms with Gasteiger partial charge in [0.25, 0.3) is 0 Å². The number of carbonyl (C=O) groups is 1. The molecule has 1 atom stereocenters. The molecule has 7 heteroatoms. The van der Waals surface area contributed by atoms with Gasteiger partial charge in [0.2, 0.25) is 0 Å². The third-order valence-electron chi connectivity index (χ3n) is 3.23. The highest BCUT2D eigenvalue weighted by Crippen LogP contribution is 2.21. The van der Waals surface area contributed by atoms with Gasteiger partial charge in [-0.3, -0.25) is 0 Å². The van der Waals surface area contributed by atoms with E-state index >= 15 is 0 Å². The monoisotopic (exact) mass is 304 g/mol. The van der Waals surface area contributed by atoms with Crippen LogP contribution in [0.2, 0.25) is 0 Å². The first kappa shape index (κ1) is 13.6. The smallest absolute Gasteiger partial charge is 0.336 e. The topological polar surface area (TPSA) is 96.4 Å². The molecule has 0 bridgehead atoms. The molecule has 0 saturated carbocycles. The summed E-state index contributed by atoms with van der Waals surface area (Å²) in [4.78, 5) is 15.5. The van der Waals surface area contributed by atoms with Crippen LogP contribution in [-0.2, 0) is 9.84 Å². The van der Waals surface area contributed by atoms with Gasteiger partial charge in [-0.25, -0.2) is 18.2 Å². The predicted octanol–water partition coefficient (Wildman–Crippen LogP) is 1.66. The number of fused-ring (bicyclic) bond motifs is 1. The number of hydrogen-bond acceptors (Lipinski definition) is 5. The summed E-state index contributed by atoms with van der Waals surface area (Å²) in [5.41, 5.74) is 0.736. The number of pyridine rings is 1. The summed E-state index contributed by atoms with van der Waals surface area (Å²) < 4.78 is 22.7. The van der Waals surface area contributed by atoms with Crippen LogP contribution in [0, 0.1) is 0 Å². The van der Waals surface area contributed by atoms with E-state index in [4.69, 9.17) is 5.11 Å². The molecule has 0 radical (unpaired) electrons. The summed E-state index contributed by atoms with van der Waals surface area (Å²) in [6.45, 7) is 0. The van der Waals surface area contributed by atoms with Gasteiger partial charge in [0.15, 0.2) is 9.84 Å². The van der Waals surface area contributed by atoms with Crippen LogP contribution in [-0.4, -0.2) is 36.3 Å². The van der Waals surface area contributed by atoms with Gasteiger partial charge in [0.1, 0.15) is 5.82 Å². The Morgan fingerprint density at radius 2 is 2.10 bits per heavy atom. The number of carboxylic acid groups (broad SMARTS) is 1. The number of nitrogens with zero attached hydrogens (tertiary/aromatic N) is 1. The Kier molecular flexibility index (Phi) is 3.13. The highest BCUT2D eigenvalue weighted by molar-refractivity contribution is 7.94. The lowest BCUT2D eigenvalue weighted by Crippen LogP contribution is -2.21. The largest absolute Gasteiger partial charge is 0.478 e. The first-order valence-corrected chi connectivity index (χ1v) is 7.97. The quantitative estimate of drug-likeness (QED) is 0.895. The Bertz CT molecular complexity index is 858. The normalized spacial score (nSPS) is 19.7. The van der Waals surface area contributed by atoms with E-state index in [1.807, 2.05) is 0 Å². The molecule has 0 fully saturated rings. The van der Waals surface area contributed by atoms with Crippen molar-refractivity contribution >= 4 is 32.5 Å². The van der Waals surface area contributed by atoms with Crippen LogP contribution in [0.4, 0.5) is 5.82 Å². The summed E-state index contributed by atoms with van der Waals surface area (Å²) in [6, 6.07) is 7.86. The minimum atomic E-state index is -3.12. The summed E-state index contributed by atoms with van der Waals surface area (Å²) >= 11 is 0. The van der Waals surface area contributed by atoms with Crippen molar-refractivity contribution in [2.75, 3.05) is 11.1 Å². The Labute approximate surface area is 121 Å². The number of rotatable bonds is 3. The lowest BCUT2D eigenvalue weighted by Gasteiger charge is -2.11. The first-order valence-electron chi connectivity index (χ1n) is 6.25. The number of benzene rings is 1. The fraction of sp³-hybridized carbons (Fsp3) is 0.143. The highest BCUT2D eigenvalue weighted by Gasteiger charge is 2.21. The molecule has 1 aliphatic heterocycles. The van der Waals surface area contributed by atoms with Crippen LogP contribution in [0.25, 0.3) is 10.9 Å². The number of anilines is 1. The minimum absolute atomic E-state index is 0.00187. The Hall–Kier alpha value is -2.41. The minimum Gasteiger partial charge on any atom is -0.478 e. The molecule has 108 valence electrons. The van der Waals surface area contributed by atoms with Crippen LogP contribution >= 0.6 is 0 Å². The molecule has 1 aliphatic rings. The second kappa shape index (κ2) is 4.85. The molecule has 0 spiro atoms. The molecule has 0 amide bonds. The Balaban J connectivity index is 1.92. The zero-order valence-electron chi connectivity index (χ0n) is 10.9. The molecule has 1 unspecified atom stereocenters. The lowest BCUT2D eigenvalue weighted by atomic mass is 10.1. The van der Waals surface area contributed by atoms with Gasteiger partial charge in [0.05, 0.1) is 22.9 Å². The summed E-state index contributed by atoms with van der Waals surface area (Å²) in [7, 11) is -3.12. The molecule has 6 nitrogen and oxygen atoms in total. The maximum atomic E-state index is 11.4. The van der Waals surface area contributed by atoms with Crippen molar-refractivity contribution in [3.05, 3.63) is 47.4 Å². The van der Waals surface area contributed by atoms with E-state index in [1.165, 1.54) is 11.5 Å². The van der Waals surface area contributed by atoms with E-state index < -0.39 is 15.8 Å². The maximum Gasteiger partial charge on any atom is 0.336 e. The van der Waals surface area contributed by atoms with Crippen molar-refractivity contribution in [3.8, 4) is 0 Å². The Morgan fingerprint density at radius 1 is 1.29 bits per heavy atom. The highest BCUT2D eigenvalue weighted by atomic mass is 32.2. The van der Waals surface area contributed by atoms with E-state index in [0.29, 0.717) is 16.7 Å². The summed E-state index contributed by atoms with van der Waals surface area (Å²) in [5.74, 6) is -0.494. The second-order valence-electron chi connectivity index (χ2n) is 4.78. The number of sulfone groups is 1. The van der Waals surface area contributed by atoms with Crippen molar-refractivity contribution in [3.63, 3.8) is 0 Å². The lowest BCUT2D eigenvalue weighted by molar-refractivity contribution is 0.0699. The van der Waals surface area contributed by atoms with Crippen molar-refractivity contribution in [1.82, 2.24) is 4.98 Å². The third-order valence-corrected chi connectivity index (χ3v) is 4.62. The molecular weight excluding hydrogens is 292 g/mol. The van der Waals surface area contributed by atoms with Crippen LogP contribution in [0.5, 0.6) is 0 Å². The van der Waals surface area contributed by atoms with E-state index in [2.05, 4.69) is 10.3 Å². The predicted molar refractivity (Wildman–Crippen MR) is 79.0 cm³/mol. The molecule has 3 rings (SSSR count). The standard InChI is InChI=1S/C14H12N2O4S/c17-14(18)11-2-1-3-12-10(11)4-5-13(16-12)15-9-6-7-21(19,20)8-9/h1-7,9H,8H2,(H,15,16)(H,17,18). The number of nitrogens with one attached hydrogen (secondary N) is 1. The molecular formula is C14H12N2O4S. The van der Waals surface area contributed by atoms with Gasteiger partial charge in [-0.1, -0.05) is 6.07 Å². The van der Waals surface area contributed by atoms with Gasteiger partial charge in [-0.2, -0.15) is 0 Å². The van der Waals surface area contributed by atoms with Gasteiger partial charge in [-0.15, -0.1) is 0 Å². The molecule has 2 heterocycles.